The fraction of sp³-hybridized carbons (Fsp3) is 0.923. The van der Waals surface area contributed by atoms with Gasteiger partial charge in [-0.05, 0) is 19.3 Å². The quantitative estimate of drug-likeness (QED) is 0.728. The van der Waals surface area contributed by atoms with Gasteiger partial charge in [-0.3, -0.25) is 4.79 Å². The Morgan fingerprint density at radius 2 is 1.81 bits per heavy atom. The Kier molecular flexibility index (Phi) is 4.22. The molecule has 1 saturated carbocycles. The van der Waals surface area contributed by atoms with Gasteiger partial charge < -0.3 is 10.0 Å². The van der Waals surface area contributed by atoms with E-state index in [1.165, 1.54) is 25.7 Å². The largest absolute Gasteiger partial charge is 0.396 e. The summed E-state index contributed by atoms with van der Waals surface area (Å²) < 4.78 is 0. The van der Waals surface area contributed by atoms with Crippen LogP contribution < -0.4 is 0 Å². The van der Waals surface area contributed by atoms with Crippen molar-refractivity contribution in [2.45, 2.75) is 44.9 Å². The molecule has 1 atom stereocenters. The number of nitrogens with zero attached hydrogens (tertiary/aromatic N) is 1. The second-order valence-electron chi connectivity index (χ2n) is 5.31. The van der Waals surface area contributed by atoms with Gasteiger partial charge in [-0.1, -0.05) is 25.7 Å². The summed E-state index contributed by atoms with van der Waals surface area (Å²) in [6.45, 7) is 1.88. The Hall–Kier alpha value is -0.570. The average molecular weight is 225 g/mol. The van der Waals surface area contributed by atoms with Gasteiger partial charge in [0.1, 0.15) is 0 Å². The minimum atomic E-state index is 0.231. The van der Waals surface area contributed by atoms with Crippen LogP contribution in [-0.2, 0) is 4.79 Å². The van der Waals surface area contributed by atoms with Crippen LogP contribution in [0.2, 0.25) is 0 Å². The number of aliphatic hydroxyl groups is 1. The van der Waals surface area contributed by atoms with Gasteiger partial charge in [0, 0.05) is 31.5 Å². The average Bonchev–Trinajstić information content (AvgIpc) is 2.62. The zero-order valence-corrected chi connectivity index (χ0v) is 10.0. The summed E-state index contributed by atoms with van der Waals surface area (Å²) in [5.41, 5.74) is 0. The maximum absolute atomic E-state index is 12.3. The van der Waals surface area contributed by atoms with Gasteiger partial charge in [-0.25, -0.2) is 0 Å². The lowest BCUT2D eigenvalue weighted by atomic mass is 9.99. The summed E-state index contributed by atoms with van der Waals surface area (Å²) in [6, 6.07) is 0. The zero-order chi connectivity index (χ0) is 11.4. The standard InChI is InChI=1S/C13H23NO2/c15-10-11-7-8-14(9-11)13(16)12-5-3-1-2-4-6-12/h11-12,15H,1-10H2. The molecule has 1 amide bonds. The molecule has 2 aliphatic rings. The van der Waals surface area contributed by atoms with Crippen molar-refractivity contribution >= 4 is 5.91 Å². The van der Waals surface area contributed by atoms with Gasteiger partial charge in [0.05, 0.1) is 0 Å². The first-order valence-electron chi connectivity index (χ1n) is 6.71. The highest BCUT2D eigenvalue weighted by Gasteiger charge is 2.30. The van der Waals surface area contributed by atoms with Crippen molar-refractivity contribution in [1.29, 1.82) is 0 Å². The minimum Gasteiger partial charge on any atom is -0.396 e. The summed E-state index contributed by atoms with van der Waals surface area (Å²) in [5.74, 6) is 0.965. The number of rotatable bonds is 2. The maximum Gasteiger partial charge on any atom is 0.225 e. The lowest BCUT2D eigenvalue weighted by molar-refractivity contribution is -0.135. The van der Waals surface area contributed by atoms with Crippen molar-refractivity contribution in [3.8, 4) is 0 Å². The number of hydrogen-bond acceptors (Lipinski definition) is 2. The summed E-state index contributed by atoms with van der Waals surface area (Å²) >= 11 is 0. The van der Waals surface area contributed by atoms with Crippen molar-refractivity contribution in [3.05, 3.63) is 0 Å². The molecule has 0 spiro atoms. The molecular weight excluding hydrogens is 202 g/mol. The molecule has 0 aromatic heterocycles. The molecule has 0 aromatic rings. The number of hydrogen-bond donors (Lipinski definition) is 1. The Morgan fingerprint density at radius 1 is 1.12 bits per heavy atom. The molecule has 1 aliphatic carbocycles. The van der Waals surface area contributed by atoms with Crippen LogP contribution in [0.25, 0.3) is 0 Å². The molecule has 1 saturated heterocycles. The monoisotopic (exact) mass is 225 g/mol. The van der Waals surface area contributed by atoms with Gasteiger partial charge in [-0.15, -0.1) is 0 Å². The van der Waals surface area contributed by atoms with Crippen molar-refractivity contribution in [1.82, 2.24) is 4.90 Å². The van der Waals surface area contributed by atoms with Gasteiger partial charge in [0.2, 0.25) is 5.91 Å². The second-order valence-corrected chi connectivity index (χ2v) is 5.31. The van der Waals surface area contributed by atoms with Crippen LogP contribution in [0.4, 0.5) is 0 Å². The van der Waals surface area contributed by atoms with E-state index in [9.17, 15) is 4.79 Å². The first-order chi connectivity index (χ1) is 7.81. The molecule has 92 valence electrons. The van der Waals surface area contributed by atoms with Crippen LogP contribution in [0, 0.1) is 11.8 Å². The molecular formula is C13H23NO2. The highest BCUT2D eigenvalue weighted by molar-refractivity contribution is 5.79. The number of carbonyl (C=O) groups is 1. The maximum atomic E-state index is 12.3. The molecule has 0 bridgehead atoms. The van der Waals surface area contributed by atoms with Crippen LogP contribution in [0.1, 0.15) is 44.9 Å². The van der Waals surface area contributed by atoms with E-state index in [2.05, 4.69) is 0 Å². The van der Waals surface area contributed by atoms with Crippen molar-refractivity contribution < 1.29 is 9.90 Å². The Morgan fingerprint density at radius 3 is 2.38 bits per heavy atom. The topological polar surface area (TPSA) is 40.5 Å². The predicted molar refractivity (Wildman–Crippen MR) is 63.0 cm³/mol. The Labute approximate surface area is 97.8 Å². The molecule has 1 aliphatic heterocycles. The van der Waals surface area contributed by atoms with Crippen LogP contribution >= 0.6 is 0 Å². The summed E-state index contributed by atoms with van der Waals surface area (Å²) in [6.07, 6.45) is 8.17. The molecule has 3 heteroatoms. The van der Waals surface area contributed by atoms with Crippen molar-refractivity contribution in [2.24, 2.45) is 11.8 Å². The number of aliphatic hydroxyl groups excluding tert-OH is 1. The third kappa shape index (κ3) is 2.76. The Bertz CT molecular complexity index is 234. The molecule has 0 aromatic carbocycles. The van der Waals surface area contributed by atoms with Gasteiger partial charge in [-0.2, -0.15) is 0 Å². The third-order valence-electron chi connectivity index (χ3n) is 4.06. The fourth-order valence-electron chi connectivity index (χ4n) is 2.97. The molecule has 1 unspecified atom stereocenters. The first kappa shape index (κ1) is 11.9. The predicted octanol–water partition coefficient (Wildman–Crippen LogP) is 1.80. The summed E-state index contributed by atoms with van der Waals surface area (Å²) in [7, 11) is 0. The molecule has 1 heterocycles. The van der Waals surface area contributed by atoms with Crippen LogP contribution in [0.5, 0.6) is 0 Å². The van der Waals surface area contributed by atoms with E-state index in [4.69, 9.17) is 5.11 Å². The zero-order valence-electron chi connectivity index (χ0n) is 10.0. The van der Waals surface area contributed by atoms with Crippen molar-refractivity contribution in [3.63, 3.8) is 0 Å². The van der Waals surface area contributed by atoms with Crippen LogP contribution in [0.15, 0.2) is 0 Å². The molecule has 0 radical (unpaired) electrons. The second kappa shape index (κ2) is 5.67. The normalized spacial score (nSPS) is 28.1. The van der Waals surface area contributed by atoms with E-state index < -0.39 is 0 Å². The van der Waals surface area contributed by atoms with E-state index in [0.717, 1.165) is 32.4 Å². The first-order valence-corrected chi connectivity index (χ1v) is 6.71. The molecule has 3 nitrogen and oxygen atoms in total. The van der Waals surface area contributed by atoms with Gasteiger partial charge in [0.25, 0.3) is 0 Å². The van der Waals surface area contributed by atoms with E-state index in [-0.39, 0.29) is 12.5 Å². The lowest BCUT2D eigenvalue weighted by Crippen LogP contribution is -2.34. The smallest absolute Gasteiger partial charge is 0.225 e. The Balaban J connectivity index is 1.86. The number of likely N-dealkylation sites (tertiary alicyclic amines) is 1. The molecule has 1 N–H and O–H groups in total. The van der Waals surface area contributed by atoms with Crippen LogP contribution in [-0.4, -0.2) is 35.6 Å². The summed E-state index contributed by atoms with van der Waals surface area (Å²) in [5, 5.41) is 9.08. The van der Waals surface area contributed by atoms with E-state index in [1.54, 1.807) is 0 Å². The molecule has 2 fully saturated rings. The fourth-order valence-corrected chi connectivity index (χ4v) is 2.97. The van der Waals surface area contributed by atoms with Gasteiger partial charge >= 0.3 is 0 Å². The highest BCUT2D eigenvalue weighted by Crippen LogP contribution is 2.26. The van der Waals surface area contributed by atoms with Crippen LogP contribution in [0.3, 0.4) is 0 Å². The summed E-state index contributed by atoms with van der Waals surface area (Å²) in [4.78, 5) is 14.2. The van der Waals surface area contributed by atoms with E-state index in [0.29, 0.717) is 11.8 Å². The van der Waals surface area contributed by atoms with E-state index in [1.807, 2.05) is 4.90 Å². The minimum absolute atomic E-state index is 0.231. The van der Waals surface area contributed by atoms with Crippen molar-refractivity contribution in [2.75, 3.05) is 19.7 Å². The third-order valence-corrected chi connectivity index (χ3v) is 4.06. The van der Waals surface area contributed by atoms with E-state index >= 15 is 0 Å². The molecule has 2 rings (SSSR count). The molecule has 16 heavy (non-hydrogen) atoms. The number of amides is 1. The van der Waals surface area contributed by atoms with Gasteiger partial charge in [0.15, 0.2) is 0 Å². The number of carbonyl (C=O) groups excluding carboxylic acids is 1. The highest BCUT2D eigenvalue weighted by atomic mass is 16.3. The SMILES string of the molecule is O=C(C1CCCCCC1)N1CCC(CO)C1. The lowest BCUT2D eigenvalue weighted by Gasteiger charge is -2.22.